The van der Waals surface area contributed by atoms with Crippen LogP contribution in [0.4, 0.5) is 20.2 Å². The zero-order valence-electron chi connectivity index (χ0n) is 36.3. The van der Waals surface area contributed by atoms with Gasteiger partial charge in [-0.1, -0.05) is 24.3 Å². The quantitative estimate of drug-likeness (QED) is 0.0305. The number of imide groups is 1. The van der Waals surface area contributed by atoms with Gasteiger partial charge in [-0.3, -0.25) is 38.7 Å². The summed E-state index contributed by atoms with van der Waals surface area (Å²) in [7, 11) is 1.53. The highest BCUT2D eigenvalue weighted by Gasteiger charge is 2.38. The van der Waals surface area contributed by atoms with Crippen molar-refractivity contribution < 1.29 is 42.2 Å². The normalized spacial score (nSPS) is 16.7. The smallest absolute Gasteiger partial charge is 0.277 e. The van der Waals surface area contributed by atoms with E-state index < -0.39 is 70.8 Å². The number of aromatic nitrogens is 2. The molecule has 21 heteroatoms. The van der Waals surface area contributed by atoms with Crippen molar-refractivity contribution in [3.05, 3.63) is 112 Å². The molecule has 0 saturated heterocycles. The number of benzene rings is 3. The molecular weight excluding hydrogens is 861 g/mol. The predicted octanol–water partition coefficient (Wildman–Crippen LogP) is 2.50. The van der Waals surface area contributed by atoms with E-state index in [1.165, 1.54) is 44.3 Å². The molecule has 1 aromatic heterocycles. The molecule has 0 aliphatic carbocycles. The average molecular weight is 912 g/mol. The third-order valence-corrected chi connectivity index (χ3v) is 10.8. The van der Waals surface area contributed by atoms with E-state index in [4.69, 9.17) is 26.0 Å². The molecule has 19 nitrogen and oxygen atoms in total. The Morgan fingerprint density at radius 3 is 2.35 bits per heavy atom. The van der Waals surface area contributed by atoms with Crippen molar-refractivity contribution >= 4 is 63.9 Å². The number of aliphatic imine (C=N–C) groups is 2. The number of carbonyl (C=O) groups excluding carboxylic acids is 5. The van der Waals surface area contributed by atoms with Crippen LogP contribution in [0, 0.1) is 11.6 Å². The molecule has 0 spiro atoms. The lowest BCUT2D eigenvalue weighted by molar-refractivity contribution is -0.138. The summed E-state index contributed by atoms with van der Waals surface area (Å²) < 4.78 is 41.4. The van der Waals surface area contributed by atoms with Crippen LogP contribution in [0.5, 0.6) is 0 Å². The highest BCUT2D eigenvalue weighted by atomic mass is 19.1. The zero-order valence-corrected chi connectivity index (χ0v) is 36.3. The van der Waals surface area contributed by atoms with Crippen molar-refractivity contribution in [2.75, 3.05) is 44.0 Å². The lowest BCUT2D eigenvalue weighted by Crippen LogP contribution is -2.51. The summed E-state index contributed by atoms with van der Waals surface area (Å²) in [5.74, 6) is -4.01. The first-order chi connectivity index (χ1) is 31.8. The number of nitrogens with one attached hydrogen (secondary N) is 4. The Balaban J connectivity index is 1.06. The van der Waals surface area contributed by atoms with Gasteiger partial charge in [0, 0.05) is 42.4 Å². The van der Waals surface area contributed by atoms with Crippen molar-refractivity contribution in [3.63, 3.8) is 0 Å². The van der Waals surface area contributed by atoms with Gasteiger partial charge in [0.15, 0.2) is 0 Å². The number of nitrogens with two attached hydrogens (primary N) is 2. The maximum Gasteiger partial charge on any atom is 0.277 e. The molecule has 8 N–H and O–H groups in total. The van der Waals surface area contributed by atoms with Crippen LogP contribution in [0.15, 0.2) is 87.6 Å². The minimum atomic E-state index is -0.986. The van der Waals surface area contributed by atoms with E-state index >= 15 is 4.39 Å². The van der Waals surface area contributed by atoms with Crippen molar-refractivity contribution in [3.8, 4) is 0 Å². The van der Waals surface area contributed by atoms with Crippen LogP contribution in [0.2, 0.25) is 0 Å². The zero-order chi connectivity index (χ0) is 47.3. The van der Waals surface area contributed by atoms with Crippen LogP contribution in [0.3, 0.4) is 0 Å². The van der Waals surface area contributed by atoms with Gasteiger partial charge in [0.2, 0.25) is 17.7 Å². The SMILES string of the molecule is CN=C(N=CN)[C@H]1c2nn(COCc3ccc(NC(=O)[C@H](CCCCN)NC(=O)[C@H](C)NC(=O)CCOCCN4C(=O)C=CC4=O)cc3)c(=O)c3cc(F)cc(c23)N[C@@H]1c1ccc(F)cc1. The molecule has 0 bridgehead atoms. The second-order valence-electron chi connectivity index (χ2n) is 15.4. The van der Waals surface area contributed by atoms with Crippen LogP contribution >= 0.6 is 0 Å². The van der Waals surface area contributed by atoms with E-state index in [0.717, 1.165) is 22.0 Å². The van der Waals surface area contributed by atoms with Gasteiger partial charge in [-0.15, -0.1) is 0 Å². The van der Waals surface area contributed by atoms with Crippen LogP contribution in [-0.4, -0.2) is 102 Å². The molecule has 6 rings (SSSR count). The van der Waals surface area contributed by atoms with E-state index in [9.17, 15) is 33.2 Å². The lowest BCUT2D eigenvalue weighted by Gasteiger charge is -2.34. The maximum absolute atomic E-state index is 15.1. The Morgan fingerprint density at radius 1 is 0.939 bits per heavy atom. The van der Waals surface area contributed by atoms with E-state index in [-0.39, 0.29) is 57.2 Å². The standard InChI is InChI=1S/C45H51F2N11O8/c1-26(52-35(59)16-19-65-20-18-57-36(60)14-15-37(57)61)43(62)55-33(5-3-4-17-48)44(63)53-31-12-6-27(7-13-31)23-66-25-58-45(64)32-21-30(47)22-34-38(32)41(56-58)39(42(50-2)51-24-49)40(54-34)28-8-10-29(46)11-9-28/h6-15,21-22,24,26,33,39-40,54H,3-5,16-20,23,25,48H2,1-2H3,(H,52,59)(H,53,63)(H,55,62)(H2,49,50,51)/t26-,33-,39+,40+/m0/s1. The van der Waals surface area contributed by atoms with E-state index in [2.05, 4.69) is 31.3 Å². The van der Waals surface area contributed by atoms with E-state index in [1.807, 2.05) is 0 Å². The van der Waals surface area contributed by atoms with Crippen LogP contribution in [0.25, 0.3) is 10.8 Å². The number of amides is 5. The fourth-order valence-corrected chi connectivity index (χ4v) is 7.49. The molecule has 4 aromatic rings. The van der Waals surface area contributed by atoms with Crippen LogP contribution in [0.1, 0.15) is 61.4 Å². The maximum atomic E-state index is 15.1. The van der Waals surface area contributed by atoms with Gasteiger partial charge in [0.1, 0.15) is 36.3 Å². The predicted molar refractivity (Wildman–Crippen MR) is 241 cm³/mol. The first-order valence-electron chi connectivity index (χ1n) is 21.2. The minimum Gasteiger partial charge on any atom is -0.390 e. The fourth-order valence-electron chi connectivity index (χ4n) is 7.49. The molecule has 0 radical (unpaired) electrons. The number of carbonyl (C=O) groups is 5. The number of ether oxygens (including phenoxy) is 2. The van der Waals surface area contributed by atoms with Crippen molar-refractivity contribution in [1.82, 2.24) is 25.3 Å². The summed E-state index contributed by atoms with van der Waals surface area (Å²) >= 11 is 0. The summed E-state index contributed by atoms with van der Waals surface area (Å²) in [4.78, 5) is 85.8. The fraction of sp³-hybridized carbons (Fsp3) is 0.356. The molecule has 2 aliphatic heterocycles. The molecule has 4 atom stereocenters. The van der Waals surface area contributed by atoms with Gasteiger partial charge in [-0.05, 0) is 80.3 Å². The number of amidine groups is 1. The summed E-state index contributed by atoms with van der Waals surface area (Å²) in [6.45, 7) is 1.64. The number of hydrogen-bond donors (Lipinski definition) is 6. The third kappa shape index (κ3) is 11.9. The second-order valence-corrected chi connectivity index (χ2v) is 15.4. The van der Waals surface area contributed by atoms with Gasteiger partial charge in [0.25, 0.3) is 17.4 Å². The van der Waals surface area contributed by atoms with Crippen molar-refractivity contribution in [2.45, 2.75) is 70.0 Å². The highest BCUT2D eigenvalue weighted by Crippen LogP contribution is 2.44. The number of rotatable bonds is 21. The summed E-state index contributed by atoms with van der Waals surface area (Å²) in [6, 6.07) is 12.2. The summed E-state index contributed by atoms with van der Waals surface area (Å²) in [5.41, 5.74) is 13.1. The first kappa shape index (κ1) is 48.2. The largest absolute Gasteiger partial charge is 0.390 e. The molecule has 2 aliphatic rings. The molecule has 5 amide bonds. The first-order valence-corrected chi connectivity index (χ1v) is 21.2. The lowest BCUT2D eigenvalue weighted by atomic mass is 9.83. The molecule has 3 heterocycles. The Bertz CT molecular complexity index is 2570. The number of halogens is 2. The van der Waals surface area contributed by atoms with Crippen LogP contribution in [-0.2, 0) is 46.8 Å². The second kappa shape index (κ2) is 22.6. The van der Waals surface area contributed by atoms with Crippen LogP contribution < -0.4 is 38.3 Å². The average Bonchev–Trinajstić information content (AvgIpc) is 3.62. The molecule has 0 unspecified atom stereocenters. The monoisotopic (exact) mass is 911 g/mol. The Labute approximate surface area is 377 Å². The topological polar surface area (TPSA) is 267 Å². The van der Waals surface area contributed by atoms with Gasteiger partial charge < -0.3 is 42.2 Å². The molecular formula is C45H51F2N11O8. The van der Waals surface area contributed by atoms with Gasteiger partial charge >= 0.3 is 0 Å². The van der Waals surface area contributed by atoms with Gasteiger partial charge in [-0.2, -0.15) is 5.10 Å². The van der Waals surface area contributed by atoms with E-state index in [0.29, 0.717) is 53.0 Å². The Kier molecular flexibility index (Phi) is 16.5. The number of hydrogen-bond acceptors (Lipinski definition) is 12. The van der Waals surface area contributed by atoms with Gasteiger partial charge in [-0.25, -0.2) is 18.5 Å². The third-order valence-electron chi connectivity index (χ3n) is 10.8. The summed E-state index contributed by atoms with van der Waals surface area (Å²) in [5, 5.41) is 16.5. The number of anilines is 2. The van der Waals surface area contributed by atoms with Gasteiger partial charge in [0.05, 0.1) is 55.7 Å². The molecule has 0 fully saturated rings. The van der Waals surface area contributed by atoms with Crippen molar-refractivity contribution in [2.24, 2.45) is 21.5 Å². The summed E-state index contributed by atoms with van der Waals surface area (Å²) in [6.07, 6.45) is 4.77. The number of nitrogens with zero attached hydrogens (tertiary/aromatic N) is 5. The minimum absolute atomic E-state index is 0.00749. The highest BCUT2D eigenvalue weighted by molar-refractivity contribution is 6.13. The Morgan fingerprint density at radius 2 is 1.67 bits per heavy atom. The van der Waals surface area contributed by atoms with E-state index in [1.54, 1.807) is 36.4 Å². The number of unbranched alkanes of at least 4 members (excludes halogenated alkanes) is 1. The Hall–Kier alpha value is -7.23. The molecule has 3 aromatic carbocycles. The molecule has 0 saturated carbocycles. The van der Waals surface area contributed by atoms with Crippen molar-refractivity contribution in [1.29, 1.82) is 0 Å². The molecule has 348 valence electrons. The molecule has 66 heavy (non-hydrogen) atoms.